The molecular formula is C36H28Cl2N4O4. The molecule has 4 aromatic carbocycles. The predicted octanol–water partition coefficient (Wildman–Crippen LogP) is 6.06. The lowest BCUT2D eigenvalue weighted by Gasteiger charge is -2.35. The van der Waals surface area contributed by atoms with Crippen molar-refractivity contribution >= 4 is 58.2 Å². The summed E-state index contributed by atoms with van der Waals surface area (Å²) in [5.41, 5.74) is 3.98. The monoisotopic (exact) mass is 650 g/mol. The highest BCUT2D eigenvalue weighted by molar-refractivity contribution is 6.33. The van der Waals surface area contributed by atoms with Crippen molar-refractivity contribution in [1.82, 2.24) is 10.0 Å². The van der Waals surface area contributed by atoms with E-state index in [9.17, 15) is 19.2 Å². The number of amides is 4. The number of benzene rings is 4. The first-order valence-electron chi connectivity index (χ1n) is 15.1. The van der Waals surface area contributed by atoms with E-state index in [-0.39, 0.29) is 11.8 Å². The molecule has 0 radical (unpaired) electrons. The Labute approximate surface area is 275 Å². The van der Waals surface area contributed by atoms with E-state index in [4.69, 9.17) is 23.2 Å². The van der Waals surface area contributed by atoms with Crippen molar-refractivity contribution in [2.45, 2.75) is 38.0 Å². The van der Waals surface area contributed by atoms with Gasteiger partial charge in [-0.05, 0) is 60.4 Å². The minimum atomic E-state index is -0.948. The van der Waals surface area contributed by atoms with Gasteiger partial charge in [-0.3, -0.25) is 19.2 Å². The largest absolute Gasteiger partial charge is 0.274 e. The van der Waals surface area contributed by atoms with Gasteiger partial charge in [0.15, 0.2) is 0 Å². The molecular weight excluding hydrogens is 623 g/mol. The van der Waals surface area contributed by atoms with E-state index < -0.39 is 47.8 Å². The van der Waals surface area contributed by atoms with Crippen LogP contribution in [0.3, 0.4) is 0 Å². The van der Waals surface area contributed by atoms with Crippen LogP contribution in [-0.2, 0) is 19.2 Å². The van der Waals surface area contributed by atoms with Crippen LogP contribution in [0.5, 0.6) is 0 Å². The van der Waals surface area contributed by atoms with Crippen molar-refractivity contribution in [3.63, 3.8) is 0 Å². The maximum atomic E-state index is 14.5. The van der Waals surface area contributed by atoms with E-state index in [0.29, 0.717) is 21.4 Å². The van der Waals surface area contributed by atoms with Crippen LogP contribution in [0.2, 0.25) is 10.0 Å². The first kappa shape index (κ1) is 29.1. The van der Waals surface area contributed by atoms with Crippen LogP contribution in [0.1, 0.15) is 34.3 Å². The number of imide groups is 2. The quantitative estimate of drug-likeness (QED) is 0.250. The molecule has 0 bridgehead atoms. The van der Waals surface area contributed by atoms with Crippen molar-refractivity contribution in [2.24, 2.45) is 11.8 Å². The van der Waals surface area contributed by atoms with Crippen LogP contribution < -0.4 is 9.80 Å². The molecule has 4 heterocycles. The summed E-state index contributed by atoms with van der Waals surface area (Å²) in [5, 5.41) is 4.61. The Morgan fingerprint density at radius 3 is 1.20 bits per heavy atom. The van der Waals surface area contributed by atoms with Crippen LogP contribution in [0.15, 0.2) is 97.1 Å². The highest BCUT2D eigenvalue weighted by atomic mass is 35.5. The van der Waals surface area contributed by atoms with E-state index in [2.05, 4.69) is 0 Å². The minimum Gasteiger partial charge on any atom is -0.274 e. The third-order valence-corrected chi connectivity index (χ3v) is 10.6. The van der Waals surface area contributed by atoms with E-state index in [1.165, 1.54) is 9.80 Å². The molecule has 6 unspecified atom stereocenters. The zero-order valence-electron chi connectivity index (χ0n) is 24.9. The molecule has 4 saturated heterocycles. The van der Waals surface area contributed by atoms with Gasteiger partial charge in [0.05, 0.1) is 35.3 Å². The third-order valence-electron chi connectivity index (χ3n) is 9.83. The van der Waals surface area contributed by atoms with Crippen molar-refractivity contribution < 1.29 is 19.2 Å². The lowest BCUT2D eigenvalue weighted by molar-refractivity contribution is -0.136. The van der Waals surface area contributed by atoms with Crippen LogP contribution in [0.25, 0.3) is 0 Å². The number of halogens is 2. The second-order valence-electron chi connectivity index (χ2n) is 12.3. The zero-order chi connectivity index (χ0) is 32.0. The fourth-order valence-corrected chi connectivity index (χ4v) is 8.10. The second-order valence-corrected chi connectivity index (χ2v) is 13.1. The molecule has 0 N–H and O–H groups in total. The number of carbonyl (C=O) groups excluding carboxylic acids is 4. The molecule has 10 heteroatoms. The molecule has 4 fully saturated rings. The zero-order valence-corrected chi connectivity index (χ0v) is 26.4. The van der Waals surface area contributed by atoms with Gasteiger partial charge >= 0.3 is 0 Å². The van der Waals surface area contributed by atoms with Crippen LogP contribution >= 0.6 is 23.2 Å². The summed E-state index contributed by atoms with van der Waals surface area (Å²) in [6.07, 6.45) is 0. The van der Waals surface area contributed by atoms with Crippen LogP contribution in [-0.4, -0.2) is 45.7 Å². The minimum absolute atomic E-state index is 0.375. The van der Waals surface area contributed by atoms with Crippen molar-refractivity contribution in [1.29, 1.82) is 0 Å². The average molecular weight is 652 g/mol. The van der Waals surface area contributed by atoms with E-state index in [1.807, 2.05) is 84.5 Å². The number of hydrazine groups is 1. The van der Waals surface area contributed by atoms with Gasteiger partial charge in [0.25, 0.3) is 11.8 Å². The lowest BCUT2D eigenvalue weighted by Crippen LogP contribution is -2.50. The van der Waals surface area contributed by atoms with Gasteiger partial charge in [-0.1, -0.05) is 96.0 Å². The molecule has 230 valence electrons. The first-order chi connectivity index (χ1) is 22.2. The number of nitrogens with zero attached hydrogens (tertiary/aromatic N) is 4. The summed E-state index contributed by atoms with van der Waals surface area (Å²) >= 11 is 12.9. The molecule has 0 aliphatic carbocycles. The molecule has 4 aliphatic heterocycles. The van der Waals surface area contributed by atoms with Gasteiger partial charge in [-0.25, -0.2) is 19.8 Å². The summed E-state index contributed by atoms with van der Waals surface area (Å²) in [7, 11) is 0. The number of anilines is 2. The molecule has 46 heavy (non-hydrogen) atoms. The molecule has 4 aliphatic rings. The van der Waals surface area contributed by atoms with Gasteiger partial charge in [0.1, 0.15) is 12.1 Å². The highest BCUT2D eigenvalue weighted by Gasteiger charge is 2.73. The fraction of sp³-hybridized carbons (Fsp3) is 0.222. The molecule has 8 rings (SSSR count). The SMILES string of the molecule is Cc1ccc(N2C(=O)C3C(C2=O)N2C(c4ccccc4)C4C(=O)N(c5ccc(C)c(Cl)c5)C(=O)C4N2C3c2ccccc2)cc1Cl. The van der Waals surface area contributed by atoms with Crippen LogP contribution in [0.4, 0.5) is 11.4 Å². The Kier molecular flexibility index (Phi) is 6.71. The molecule has 4 aromatic rings. The Bertz CT molecular complexity index is 1810. The summed E-state index contributed by atoms with van der Waals surface area (Å²) in [6, 6.07) is 25.8. The summed E-state index contributed by atoms with van der Waals surface area (Å²) < 4.78 is 0. The summed E-state index contributed by atoms with van der Waals surface area (Å²) in [5.74, 6) is -3.26. The lowest BCUT2D eigenvalue weighted by atomic mass is 9.84. The molecule has 6 atom stereocenters. The molecule has 0 spiro atoms. The van der Waals surface area contributed by atoms with Gasteiger partial charge in [-0.15, -0.1) is 0 Å². The Morgan fingerprint density at radius 2 is 0.848 bits per heavy atom. The first-order valence-corrected chi connectivity index (χ1v) is 15.9. The van der Waals surface area contributed by atoms with Crippen molar-refractivity contribution in [2.75, 3.05) is 9.80 Å². The number of rotatable bonds is 4. The average Bonchev–Trinajstić information content (AvgIpc) is 3.72. The van der Waals surface area contributed by atoms with Gasteiger partial charge in [-0.2, -0.15) is 0 Å². The van der Waals surface area contributed by atoms with E-state index in [1.54, 1.807) is 36.4 Å². The molecule has 8 nitrogen and oxygen atoms in total. The van der Waals surface area contributed by atoms with Gasteiger partial charge in [0.2, 0.25) is 11.8 Å². The normalized spacial score (nSPS) is 27.5. The number of hydrogen-bond acceptors (Lipinski definition) is 6. The van der Waals surface area contributed by atoms with Crippen molar-refractivity contribution in [3.8, 4) is 0 Å². The number of hydrogen-bond donors (Lipinski definition) is 0. The standard InChI is InChI=1S/C36H28Cl2N4O4/c1-19-13-15-23(17-25(19)37)39-33(43)27-29(21-9-5-3-6-10-21)42-32-28(30(22-11-7-4-8-12-22)41(42)31(27)35(39)45)34(44)40(36(32)46)24-16-14-20(2)26(38)18-24/h3-18,27-32H,1-2H3. The highest BCUT2D eigenvalue weighted by Crippen LogP contribution is 2.59. The maximum absolute atomic E-state index is 14.5. The Morgan fingerprint density at radius 1 is 0.478 bits per heavy atom. The Hall–Kier alpha value is -4.34. The van der Waals surface area contributed by atoms with E-state index in [0.717, 1.165) is 22.3 Å². The molecule has 0 aromatic heterocycles. The summed E-state index contributed by atoms with van der Waals surface area (Å²) in [6.45, 7) is 3.71. The van der Waals surface area contributed by atoms with Gasteiger partial charge in [0, 0.05) is 10.0 Å². The third kappa shape index (κ3) is 4.00. The summed E-state index contributed by atoms with van der Waals surface area (Å²) in [4.78, 5) is 60.4. The molecule has 4 amide bonds. The Balaban J connectivity index is 1.32. The van der Waals surface area contributed by atoms with Crippen LogP contribution in [0, 0.1) is 25.7 Å². The predicted molar refractivity (Wildman–Crippen MR) is 174 cm³/mol. The number of aryl methyl sites for hydroxylation is 2. The maximum Gasteiger partial charge on any atom is 0.253 e. The van der Waals surface area contributed by atoms with Gasteiger partial charge < -0.3 is 0 Å². The van der Waals surface area contributed by atoms with E-state index >= 15 is 0 Å². The number of fused-ring (bicyclic) bond motifs is 5. The topological polar surface area (TPSA) is 81.2 Å². The number of carbonyl (C=O) groups is 4. The smallest absolute Gasteiger partial charge is 0.253 e. The van der Waals surface area contributed by atoms with Crippen molar-refractivity contribution in [3.05, 3.63) is 129 Å². The fourth-order valence-electron chi connectivity index (χ4n) is 7.75. The molecule has 0 saturated carbocycles. The second kappa shape index (κ2) is 10.6.